The minimum absolute atomic E-state index is 0.158. The smallest absolute Gasteiger partial charge is 0.259 e. The van der Waals surface area contributed by atoms with Crippen LogP contribution in [0.5, 0.6) is 0 Å². The number of hydrogen-bond acceptors (Lipinski definition) is 3. The Morgan fingerprint density at radius 1 is 1.44 bits per heavy atom. The van der Waals surface area contributed by atoms with Crippen molar-refractivity contribution in [1.82, 2.24) is 5.43 Å². The Labute approximate surface area is 111 Å². The average molecular weight is 266 g/mol. The molecule has 1 aromatic carbocycles. The molecule has 2 rings (SSSR count). The van der Waals surface area contributed by atoms with Gasteiger partial charge in [-0.15, -0.1) is 0 Å². The summed E-state index contributed by atoms with van der Waals surface area (Å²) in [6, 6.07) is 7.31. The van der Waals surface area contributed by atoms with Crippen LogP contribution >= 0.6 is 11.6 Å². The van der Waals surface area contributed by atoms with Crippen molar-refractivity contribution < 1.29 is 4.79 Å². The molecule has 0 unspecified atom stereocenters. The molecule has 0 atom stereocenters. The Morgan fingerprint density at radius 2 is 2.17 bits per heavy atom. The predicted molar refractivity (Wildman–Crippen MR) is 73.9 cm³/mol. The van der Waals surface area contributed by atoms with Gasteiger partial charge in [0.1, 0.15) is 0 Å². The number of hydrogen-bond donors (Lipinski definition) is 2. The van der Waals surface area contributed by atoms with Crippen LogP contribution in [0.3, 0.4) is 0 Å². The van der Waals surface area contributed by atoms with Gasteiger partial charge < -0.3 is 5.32 Å². The van der Waals surface area contributed by atoms with E-state index in [2.05, 4.69) is 15.8 Å². The summed E-state index contributed by atoms with van der Waals surface area (Å²) >= 11 is 5.96. The van der Waals surface area contributed by atoms with E-state index in [1.54, 1.807) is 6.07 Å². The van der Waals surface area contributed by atoms with Gasteiger partial charge in [0.15, 0.2) is 0 Å². The van der Waals surface area contributed by atoms with E-state index in [-0.39, 0.29) is 12.5 Å². The number of anilines is 1. The Hall–Kier alpha value is -1.55. The lowest BCUT2D eigenvalue weighted by Crippen LogP contribution is -2.26. The molecule has 0 spiro atoms. The Bertz CT molecular complexity index is 469. The molecule has 0 aliphatic heterocycles. The Kier molecular flexibility index (Phi) is 4.20. The number of carbonyl (C=O) groups is 1. The highest BCUT2D eigenvalue weighted by Crippen LogP contribution is 2.30. The maximum Gasteiger partial charge on any atom is 0.259 e. The van der Waals surface area contributed by atoms with Crippen LogP contribution in [-0.4, -0.2) is 18.2 Å². The second-order valence-corrected chi connectivity index (χ2v) is 4.80. The lowest BCUT2D eigenvalue weighted by atomic mass is 10.3. The van der Waals surface area contributed by atoms with Crippen molar-refractivity contribution in [2.45, 2.75) is 19.8 Å². The number of amides is 1. The first-order chi connectivity index (χ1) is 8.66. The summed E-state index contributed by atoms with van der Waals surface area (Å²) in [6.45, 7) is 2.10. The summed E-state index contributed by atoms with van der Waals surface area (Å²) < 4.78 is 0. The molecule has 96 valence electrons. The number of halogens is 1. The number of hydrazone groups is 1. The molecule has 1 saturated carbocycles. The third-order valence-corrected chi connectivity index (χ3v) is 3.17. The highest BCUT2D eigenvalue weighted by molar-refractivity contribution is 6.33. The largest absolute Gasteiger partial charge is 0.375 e. The highest BCUT2D eigenvalue weighted by atomic mass is 35.5. The van der Waals surface area contributed by atoms with Gasteiger partial charge in [0, 0.05) is 5.71 Å². The van der Waals surface area contributed by atoms with Crippen LogP contribution in [0.4, 0.5) is 5.69 Å². The lowest BCUT2D eigenvalue weighted by molar-refractivity contribution is -0.119. The van der Waals surface area contributed by atoms with Crippen molar-refractivity contribution in [2.75, 3.05) is 11.9 Å². The molecular weight excluding hydrogens is 250 g/mol. The van der Waals surface area contributed by atoms with Crippen LogP contribution in [-0.2, 0) is 4.79 Å². The van der Waals surface area contributed by atoms with Crippen molar-refractivity contribution >= 4 is 28.9 Å². The zero-order valence-electron chi connectivity index (χ0n) is 10.2. The summed E-state index contributed by atoms with van der Waals surface area (Å²) in [5, 5.41) is 7.63. The first kappa shape index (κ1) is 12.9. The quantitative estimate of drug-likeness (QED) is 0.635. The Balaban J connectivity index is 1.78. The maximum absolute atomic E-state index is 11.6. The van der Waals surface area contributed by atoms with Crippen LogP contribution in [0, 0.1) is 5.92 Å². The van der Waals surface area contributed by atoms with E-state index in [1.807, 2.05) is 25.1 Å². The molecular formula is C13H16ClN3O. The molecule has 0 saturated heterocycles. The molecule has 2 N–H and O–H groups in total. The molecule has 4 nitrogen and oxygen atoms in total. The minimum Gasteiger partial charge on any atom is -0.375 e. The summed E-state index contributed by atoms with van der Waals surface area (Å²) in [4.78, 5) is 11.6. The van der Waals surface area contributed by atoms with Crippen LogP contribution in [0.1, 0.15) is 19.8 Å². The van der Waals surface area contributed by atoms with E-state index in [1.165, 1.54) is 12.8 Å². The van der Waals surface area contributed by atoms with Gasteiger partial charge in [0.25, 0.3) is 5.91 Å². The fourth-order valence-electron chi connectivity index (χ4n) is 1.56. The fourth-order valence-corrected chi connectivity index (χ4v) is 1.77. The van der Waals surface area contributed by atoms with Crippen molar-refractivity contribution in [2.24, 2.45) is 11.0 Å². The molecule has 18 heavy (non-hydrogen) atoms. The van der Waals surface area contributed by atoms with Gasteiger partial charge >= 0.3 is 0 Å². The standard InChI is InChI=1S/C13H16ClN3O/c1-9(10-6-7-10)16-17-13(18)8-15-12-5-3-2-4-11(12)14/h2-5,10,15H,6-8H2,1H3,(H,17,18)/b16-9+. The van der Waals surface area contributed by atoms with Crippen molar-refractivity contribution in [1.29, 1.82) is 0 Å². The van der Waals surface area contributed by atoms with Crippen molar-refractivity contribution in [3.63, 3.8) is 0 Å². The number of para-hydroxylation sites is 1. The lowest BCUT2D eigenvalue weighted by Gasteiger charge is -2.07. The van der Waals surface area contributed by atoms with Crippen LogP contribution in [0.15, 0.2) is 29.4 Å². The molecule has 5 heteroatoms. The number of rotatable bonds is 5. The highest BCUT2D eigenvalue weighted by Gasteiger charge is 2.24. The van der Waals surface area contributed by atoms with E-state index in [0.717, 1.165) is 11.4 Å². The van der Waals surface area contributed by atoms with Crippen LogP contribution in [0.2, 0.25) is 5.02 Å². The summed E-state index contributed by atoms with van der Waals surface area (Å²) in [5.41, 5.74) is 4.29. The van der Waals surface area contributed by atoms with Gasteiger partial charge in [0.2, 0.25) is 0 Å². The van der Waals surface area contributed by atoms with Crippen molar-refractivity contribution in [3.8, 4) is 0 Å². The fraction of sp³-hybridized carbons (Fsp3) is 0.385. The molecule has 0 radical (unpaired) electrons. The number of nitrogens with zero attached hydrogens (tertiary/aromatic N) is 1. The van der Waals surface area contributed by atoms with E-state index in [4.69, 9.17) is 11.6 Å². The number of nitrogens with one attached hydrogen (secondary N) is 2. The first-order valence-corrected chi connectivity index (χ1v) is 6.36. The Morgan fingerprint density at radius 3 is 2.83 bits per heavy atom. The van der Waals surface area contributed by atoms with Crippen LogP contribution < -0.4 is 10.7 Å². The third-order valence-electron chi connectivity index (χ3n) is 2.84. The summed E-state index contributed by atoms with van der Waals surface area (Å²) in [5.74, 6) is 0.400. The van der Waals surface area contributed by atoms with E-state index in [0.29, 0.717) is 10.9 Å². The zero-order chi connectivity index (χ0) is 13.0. The van der Waals surface area contributed by atoms with Gasteiger partial charge in [-0.2, -0.15) is 5.10 Å². The molecule has 0 aromatic heterocycles. The van der Waals surface area contributed by atoms with E-state index in [9.17, 15) is 4.79 Å². The monoisotopic (exact) mass is 265 g/mol. The van der Waals surface area contributed by atoms with Gasteiger partial charge in [0.05, 0.1) is 17.3 Å². The first-order valence-electron chi connectivity index (χ1n) is 5.98. The summed E-state index contributed by atoms with van der Waals surface area (Å²) in [6.07, 6.45) is 2.37. The van der Waals surface area contributed by atoms with Gasteiger partial charge in [-0.25, -0.2) is 5.43 Å². The SMILES string of the molecule is C/C(=N\NC(=O)CNc1ccccc1Cl)C1CC1. The number of benzene rings is 1. The van der Waals surface area contributed by atoms with E-state index < -0.39 is 0 Å². The molecule has 1 aromatic rings. The van der Waals surface area contributed by atoms with E-state index >= 15 is 0 Å². The molecule has 0 bridgehead atoms. The predicted octanol–water partition coefficient (Wildman–Crippen LogP) is 2.65. The van der Waals surface area contributed by atoms with Gasteiger partial charge in [-0.3, -0.25) is 4.79 Å². The van der Waals surface area contributed by atoms with Gasteiger partial charge in [-0.05, 0) is 37.8 Å². The van der Waals surface area contributed by atoms with Crippen LogP contribution in [0.25, 0.3) is 0 Å². The average Bonchev–Trinajstić information content (AvgIpc) is 3.19. The second-order valence-electron chi connectivity index (χ2n) is 4.40. The third kappa shape index (κ3) is 3.74. The number of carbonyl (C=O) groups excluding carboxylic acids is 1. The molecule has 1 fully saturated rings. The minimum atomic E-state index is -0.171. The zero-order valence-corrected chi connectivity index (χ0v) is 11.0. The topological polar surface area (TPSA) is 53.5 Å². The molecule has 0 heterocycles. The molecule has 1 aliphatic carbocycles. The second kappa shape index (κ2) is 5.87. The van der Waals surface area contributed by atoms with Gasteiger partial charge in [-0.1, -0.05) is 23.7 Å². The molecule has 1 amide bonds. The summed E-state index contributed by atoms with van der Waals surface area (Å²) in [7, 11) is 0. The molecule has 1 aliphatic rings. The normalized spacial score (nSPS) is 15.3. The maximum atomic E-state index is 11.6. The van der Waals surface area contributed by atoms with Crippen molar-refractivity contribution in [3.05, 3.63) is 29.3 Å².